The first-order valence-corrected chi connectivity index (χ1v) is 9.54. The molecule has 0 saturated carbocycles. The Morgan fingerprint density at radius 2 is 2.29 bits per heavy atom. The third kappa shape index (κ3) is 4.85. The Kier molecular flexibility index (Phi) is 6.76. The Hall–Kier alpha value is -0.820. The first-order chi connectivity index (χ1) is 10.2. The number of thioether (sulfide) groups is 1. The minimum Gasteiger partial charge on any atom is -0.360 e. The van der Waals surface area contributed by atoms with Crippen LogP contribution in [0.5, 0.6) is 0 Å². The Labute approximate surface area is 134 Å². The van der Waals surface area contributed by atoms with Gasteiger partial charge in [0.15, 0.2) is 4.34 Å². The number of nitrogens with one attached hydrogen (secondary N) is 1. The second kappa shape index (κ2) is 8.58. The zero-order chi connectivity index (χ0) is 15.1. The van der Waals surface area contributed by atoms with Gasteiger partial charge in [-0.3, -0.25) is 4.79 Å². The molecule has 21 heavy (non-hydrogen) atoms. The van der Waals surface area contributed by atoms with Crippen molar-refractivity contribution in [3.05, 3.63) is 0 Å². The quantitative estimate of drug-likeness (QED) is 0.779. The molecule has 1 atom stereocenters. The third-order valence-corrected chi connectivity index (χ3v) is 5.67. The third-order valence-electron chi connectivity index (χ3n) is 3.67. The molecular weight excluding hydrogens is 304 g/mol. The van der Waals surface area contributed by atoms with Crippen LogP contribution in [-0.4, -0.2) is 45.9 Å². The SMILES string of the molecule is CCCNc1nnc(SCC(=O)N2CCCC[C@H]2CC)s1. The molecule has 2 rings (SSSR count). The number of hydrogen-bond acceptors (Lipinski definition) is 6. The molecule has 1 aromatic rings. The summed E-state index contributed by atoms with van der Waals surface area (Å²) in [5.74, 6) is 0.712. The molecular formula is C14H24N4OS2. The van der Waals surface area contributed by atoms with E-state index in [-0.39, 0.29) is 5.91 Å². The van der Waals surface area contributed by atoms with Gasteiger partial charge >= 0.3 is 0 Å². The van der Waals surface area contributed by atoms with Gasteiger partial charge in [0.25, 0.3) is 0 Å². The molecule has 0 aliphatic carbocycles. The van der Waals surface area contributed by atoms with E-state index in [4.69, 9.17) is 0 Å². The smallest absolute Gasteiger partial charge is 0.233 e. The molecule has 1 N–H and O–H groups in total. The van der Waals surface area contributed by atoms with Crippen LogP contribution in [-0.2, 0) is 4.79 Å². The Morgan fingerprint density at radius 1 is 1.43 bits per heavy atom. The highest BCUT2D eigenvalue weighted by atomic mass is 32.2. The van der Waals surface area contributed by atoms with E-state index in [1.165, 1.54) is 29.5 Å². The number of piperidine rings is 1. The van der Waals surface area contributed by atoms with E-state index >= 15 is 0 Å². The number of aromatic nitrogens is 2. The van der Waals surface area contributed by atoms with Crippen molar-refractivity contribution in [2.24, 2.45) is 0 Å². The summed E-state index contributed by atoms with van der Waals surface area (Å²) in [5, 5.41) is 12.3. The van der Waals surface area contributed by atoms with E-state index in [0.29, 0.717) is 11.8 Å². The predicted octanol–water partition coefficient (Wildman–Crippen LogP) is 3.24. The molecule has 0 aromatic carbocycles. The second-order valence-electron chi connectivity index (χ2n) is 5.23. The maximum Gasteiger partial charge on any atom is 0.233 e. The van der Waals surface area contributed by atoms with Crippen molar-refractivity contribution >= 4 is 34.1 Å². The molecule has 0 unspecified atom stereocenters. The number of amides is 1. The first kappa shape index (κ1) is 16.5. The summed E-state index contributed by atoms with van der Waals surface area (Å²) in [6, 6.07) is 0.433. The number of anilines is 1. The van der Waals surface area contributed by atoms with Gasteiger partial charge in [-0.15, -0.1) is 10.2 Å². The lowest BCUT2D eigenvalue weighted by Gasteiger charge is -2.35. The molecule has 1 aliphatic rings. The Morgan fingerprint density at radius 3 is 3.05 bits per heavy atom. The van der Waals surface area contributed by atoms with Gasteiger partial charge in [-0.2, -0.15) is 0 Å². The van der Waals surface area contributed by atoms with Crippen LogP contribution in [0.2, 0.25) is 0 Å². The van der Waals surface area contributed by atoms with Crippen LogP contribution in [0.3, 0.4) is 0 Å². The number of carbonyl (C=O) groups excluding carboxylic acids is 1. The molecule has 0 bridgehead atoms. The topological polar surface area (TPSA) is 58.1 Å². The lowest BCUT2D eigenvalue weighted by atomic mass is 10.0. The van der Waals surface area contributed by atoms with E-state index in [1.54, 1.807) is 0 Å². The first-order valence-electron chi connectivity index (χ1n) is 7.74. The van der Waals surface area contributed by atoms with Crippen molar-refractivity contribution in [2.45, 2.75) is 56.3 Å². The van der Waals surface area contributed by atoms with Gasteiger partial charge in [0, 0.05) is 19.1 Å². The van der Waals surface area contributed by atoms with Crippen LogP contribution in [0.25, 0.3) is 0 Å². The number of nitrogens with zero attached hydrogens (tertiary/aromatic N) is 3. The summed E-state index contributed by atoms with van der Waals surface area (Å²) in [4.78, 5) is 14.4. The van der Waals surface area contributed by atoms with Crippen LogP contribution in [0.4, 0.5) is 5.13 Å². The number of carbonyl (C=O) groups is 1. The van der Waals surface area contributed by atoms with E-state index in [1.807, 2.05) is 0 Å². The monoisotopic (exact) mass is 328 g/mol. The molecule has 2 heterocycles. The Bertz CT molecular complexity index is 452. The van der Waals surface area contributed by atoms with Crippen molar-refractivity contribution in [1.82, 2.24) is 15.1 Å². The van der Waals surface area contributed by atoms with E-state index < -0.39 is 0 Å². The van der Waals surface area contributed by atoms with E-state index in [2.05, 4.69) is 34.3 Å². The maximum atomic E-state index is 12.4. The molecule has 1 amide bonds. The fraction of sp³-hybridized carbons (Fsp3) is 0.786. The normalized spacial score (nSPS) is 18.8. The molecule has 1 fully saturated rings. The zero-order valence-electron chi connectivity index (χ0n) is 12.8. The molecule has 118 valence electrons. The predicted molar refractivity (Wildman–Crippen MR) is 89.1 cm³/mol. The fourth-order valence-corrected chi connectivity index (χ4v) is 4.19. The van der Waals surface area contributed by atoms with Gasteiger partial charge in [0.05, 0.1) is 5.75 Å². The minimum absolute atomic E-state index is 0.241. The van der Waals surface area contributed by atoms with E-state index in [9.17, 15) is 4.79 Å². The lowest BCUT2D eigenvalue weighted by Crippen LogP contribution is -2.44. The largest absolute Gasteiger partial charge is 0.360 e. The molecule has 7 heteroatoms. The summed E-state index contributed by atoms with van der Waals surface area (Å²) >= 11 is 3.03. The van der Waals surface area contributed by atoms with Crippen molar-refractivity contribution in [3.8, 4) is 0 Å². The summed E-state index contributed by atoms with van der Waals surface area (Å²) in [5.41, 5.74) is 0. The number of hydrogen-bond donors (Lipinski definition) is 1. The zero-order valence-corrected chi connectivity index (χ0v) is 14.4. The summed E-state index contributed by atoms with van der Waals surface area (Å²) in [7, 11) is 0. The molecule has 1 aromatic heterocycles. The van der Waals surface area contributed by atoms with E-state index in [0.717, 1.165) is 48.2 Å². The van der Waals surface area contributed by atoms with Gasteiger partial charge < -0.3 is 10.2 Å². The van der Waals surface area contributed by atoms with Crippen molar-refractivity contribution < 1.29 is 4.79 Å². The summed E-state index contributed by atoms with van der Waals surface area (Å²) in [6.45, 7) is 6.10. The molecule has 0 spiro atoms. The van der Waals surface area contributed by atoms with Gasteiger partial charge in [0.2, 0.25) is 11.0 Å². The van der Waals surface area contributed by atoms with Gasteiger partial charge in [-0.25, -0.2) is 0 Å². The Balaban J connectivity index is 1.81. The summed E-state index contributed by atoms with van der Waals surface area (Å²) in [6.07, 6.45) is 5.65. The minimum atomic E-state index is 0.241. The average molecular weight is 329 g/mol. The maximum absolute atomic E-state index is 12.4. The standard InChI is InChI=1S/C14H24N4OS2/c1-3-8-15-13-16-17-14(21-13)20-10-12(19)18-9-6-5-7-11(18)4-2/h11H,3-10H2,1-2H3,(H,15,16)/t11-/m1/s1. The fourth-order valence-electron chi connectivity index (χ4n) is 2.53. The van der Waals surface area contributed by atoms with Crippen molar-refractivity contribution in [2.75, 3.05) is 24.2 Å². The van der Waals surface area contributed by atoms with Crippen LogP contribution >= 0.6 is 23.1 Å². The van der Waals surface area contributed by atoms with Gasteiger partial charge in [-0.05, 0) is 32.1 Å². The summed E-state index contributed by atoms with van der Waals surface area (Å²) < 4.78 is 0.868. The number of likely N-dealkylation sites (tertiary alicyclic amines) is 1. The van der Waals surface area contributed by atoms with Crippen molar-refractivity contribution in [3.63, 3.8) is 0 Å². The molecule has 1 aliphatic heterocycles. The average Bonchev–Trinajstić information content (AvgIpc) is 2.98. The van der Waals surface area contributed by atoms with Gasteiger partial charge in [-0.1, -0.05) is 36.9 Å². The van der Waals surface area contributed by atoms with Crippen LogP contribution in [0, 0.1) is 0 Å². The van der Waals surface area contributed by atoms with Crippen LogP contribution < -0.4 is 5.32 Å². The second-order valence-corrected chi connectivity index (χ2v) is 7.43. The lowest BCUT2D eigenvalue weighted by molar-refractivity contribution is -0.132. The highest BCUT2D eigenvalue weighted by Gasteiger charge is 2.25. The van der Waals surface area contributed by atoms with Gasteiger partial charge in [0.1, 0.15) is 0 Å². The molecule has 1 saturated heterocycles. The molecule has 0 radical (unpaired) electrons. The van der Waals surface area contributed by atoms with Crippen LogP contribution in [0.1, 0.15) is 46.0 Å². The van der Waals surface area contributed by atoms with Crippen molar-refractivity contribution in [1.29, 1.82) is 0 Å². The van der Waals surface area contributed by atoms with Crippen LogP contribution in [0.15, 0.2) is 4.34 Å². The number of rotatable bonds is 7. The highest BCUT2D eigenvalue weighted by Crippen LogP contribution is 2.27. The molecule has 5 nitrogen and oxygen atoms in total. The highest BCUT2D eigenvalue weighted by molar-refractivity contribution is 8.01.